The molecule has 1 aliphatic heterocycles. The summed E-state index contributed by atoms with van der Waals surface area (Å²) in [6.45, 7) is 5.97. The Morgan fingerprint density at radius 3 is 2.74 bits per heavy atom. The quantitative estimate of drug-likeness (QED) is 0.824. The van der Waals surface area contributed by atoms with E-state index in [9.17, 15) is 13.2 Å². The fourth-order valence-corrected chi connectivity index (χ4v) is 3.33. The van der Waals surface area contributed by atoms with Crippen LogP contribution in [-0.4, -0.2) is 51.3 Å². The number of nitrogens with one attached hydrogen (secondary N) is 2. The molecule has 1 saturated heterocycles. The van der Waals surface area contributed by atoms with Gasteiger partial charge in [-0.05, 0) is 40.3 Å². The summed E-state index contributed by atoms with van der Waals surface area (Å²) in [5.74, 6) is -0.135. The molecule has 2 N–H and O–H groups in total. The molecule has 1 atom stereocenters. The zero-order valence-corrected chi connectivity index (χ0v) is 15.6. The van der Waals surface area contributed by atoms with Gasteiger partial charge < -0.3 is 15.5 Å². The van der Waals surface area contributed by atoms with Gasteiger partial charge in [0, 0.05) is 19.3 Å². The normalized spacial score (nSPS) is 18.5. The van der Waals surface area contributed by atoms with Crippen molar-refractivity contribution in [2.75, 3.05) is 37.3 Å². The lowest BCUT2D eigenvalue weighted by atomic mass is 10.1. The van der Waals surface area contributed by atoms with E-state index in [1.165, 1.54) is 0 Å². The van der Waals surface area contributed by atoms with Crippen LogP contribution in [0.1, 0.15) is 37.1 Å². The van der Waals surface area contributed by atoms with Gasteiger partial charge >= 0.3 is 6.18 Å². The van der Waals surface area contributed by atoms with Gasteiger partial charge in [-0.3, -0.25) is 4.68 Å². The highest BCUT2D eigenvalue weighted by molar-refractivity contribution is 5.58. The Morgan fingerprint density at radius 2 is 2.07 bits per heavy atom. The Balaban J connectivity index is 1.82. The molecule has 3 heterocycles. The van der Waals surface area contributed by atoms with E-state index < -0.39 is 11.7 Å². The molecule has 3 rings (SSSR count). The molecule has 10 heteroatoms. The molecule has 1 fully saturated rings. The van der Waals surface area contributed by atoms with Crippen molar-refractivity contribution >= 4 is 17.5 Å². The van der Waals surface area contributed by atoms with Crippen LogP contribution in [0.25, 0.3) is 0 Å². The van der Waals surface area contributed by atoms with Gasteiger partial charge in [0.25, 0.3) is 0 Å². The zero-order chi connectivity index (χ0) is 19.6. The average molecular weight is 383 g/mol. The fraction of sp³-hybridized carbons (Fsp3) is 0.588. The van der Waals surface area contributed by atoms with E-state index in [0.717, 1.165) is 37.8 Å². The maximum absolute atomic E-state index is 13.1. The van der Waals surface area contributed by atoms with Crippen molar-refractivity contribution in [3.8, 4) is 0 Å². The Kier molecular flexibility index (Phi) is 5.54. The van der Waals surface area contributed by atoms with Gasteiger partial charge in [0.15, 0.2) is 0 Å². The van der Waals surface area contributed by atoms with Crippen molar-refractivity contribution in [1.29, 1.82) is 0 Å². The molecular formula is C17H24F3N7. The van der Waals surface area contributed by atoms with E-state index in [1.807, 2.05) is 11.6 Å². The van der Waals surface area contributed by atoms with Gasteiger partial charge in [-0.15, -0.1) is 0 Å². The van der Waals surface area contributed by atoms with Crippen LogP contribution >= 0.6 is 0 Å². The second-order valence-corrected chi connectivity index (χ2v) is 6.76. The van der Waals surface area contributed by atoms with Gasteiger partial charge in [-0.2, -0.15) is 23.3 Å². The van der Waals surface area contributed by atoms with Gasteiger partial charge in [-0.25, -0.2) is 4.98 Å². The van der Waals surface area contributed by atoms with Gasteiger partial charge in [0.2, 0.25) is 5.95 Å². The monoisotopic (exact) mass is 383 g/mol. The van der Waals surface area contributed by atoms with Crippen LogP contribution in [0.2, 0.25) is 0 Å². The Hall–Kier alpha value is -2.36. The SMILES string of the molecule is CCNc1nc(Nc2cnn(C3CCCN(C)C3)c2C)ncc1C(F)(F)F. The van der Waals surface area contributed by atoms with Gasteiger partial charge in [-0.1, -0.05) is 0 Å². The first-order chi connectivity index (χ1) is 12.8. The predicted molar refractivity (Wildman–Crippen MR) is 97.2 cm³/mol. The van der Waals surface area contributed by atoms with Crippen molar-refractivity contribution in [2.24, 2.45) is 0 Å². The van der Waals surface area contributed by atoms with Gasteiger partial charge in [0.1, 0.15) is 11.4 Å². The number of hydrogen-bond acceptors (Lipinski definition) is 6. The summed E-state index contributed by atoms with van der Waals surface area (Å²) >= 11 is 0. The number of halogens is 3. The lowest BCUT2D eigenvalue weighted by Gasteiger charge is -2.30. The topological polar surface area (TPSA) is 70.9 Å². The van der Waals surface area contributed by atoms with Crippen molar-refractivity contribution in [3.05, 3.63) is 23.7 Å². The van der Waals surface area contributed by atoms with Crippen LogP contribution in [0, 0.1) is 6.92 Å². The molecule has 2 aromatic heterocycles. The molecule has 2 aromatic rings. The molecule has 1 unspecified atom stereocenters. The molecule has 0 aromatic carbocycles. The minimum absolute atomic E-state index is 0.0994. The predicted octanol–water partition coefficient (Wildman–Crippen LogP) is 3.44. The van der Waals surface area contributed by atoms with Crippen LogP contribution < -0.4 is 10.6 Å². The first kappa shape index (κ1) is 19.4. The second-order valence-electron chi connectivity index (χ2n) is 6.76. The molecular weight excluding hydrogens is 359 g/mol. The molecule has 1 aliphatic rings. The highest BCUT2D eigenvalue weighted by Gasteiger charge is 2.35. The lowest BCUT2D eigenvalue weighted by molar-refractivity contribution is -0.137. The van der Waals surface area contributed by atoms with Crippen molar-refractivity contribution < 1.29 is 13.2 Å². The highest BCUT2D eigenvalue weighted by atomic mass is 19.4. The van der Waals surface area contributed by atoms with Crippen molar-refractivity contribution in [1.82, 2.24) is 24.6 Å². The van der Waals surface area contributed by atoms with Crippen molar-refractivity contribution in [2.45, 2.75) is 38.9 Å². The minimum atomic E-state index is -4.51. The number of anilines is 3. The van der Waals surface area contributed by atoms with E-state index in [1.54, 1.807) is 13.1 Å². The molecule has 0 spiro atoms. The minimum Gasteiger partial charge on any atom is -0.370 e. The molecule has 0 bridgehead atoms. The Labute approximate surface area is 156 Å². The summed E-state index contributed by atoms with van der Waals surface area (Å²) in [5.41, 5.74) is 0.710. The molecule has 7 nitrogen and oxygen atoms in total. The summed E-state index contributed by atoms with van der Waals surface area (Å²) in [5, 5.41) is 10.1. The van der Waals surface area contributed by atoms with Crippen molar-refractivity contribution in [3.63, 3.8) is 0 Å². The fourth-order valence-electron chi connectivity index (χ4n) is 3.33. The first-order valence-corrected chi connectivity index (χ1v) is 8.97. The second kappa shape index (κ2) is 7.71. The number of likely N-dealkylation sites (tertiary alicyclic amines) is 1. The summed E-state index contributed by atoms with van der Waals surface area (Å²) in [4.78, 5) is 10.1. The summed E-state index contributed by atoms with van der Waals surface area (Å²) < 4.78 is 41.2. The molecule has 27 heavy (non-hydrogen) atoms. The van der Waals surface area contributed by atoms with Crippen LogP contribution in [0.5, 0.6) is 0 Å². The molecule has 0 saturated carbocycles. The molecule has 0 aliphatic carbocycles. The van der Waals surface area contributed by atoms with E-state index in [4.69, 9.17) is 0 Å². The third-order valence-corrected chi connectivity index (χ3v) is 4.68. The maximum Gasteiger partial charge on any atom is 0.421 e. The maximum atomic E-state index is 13.1. The van der Waals surface area contributed by atoms with Crippen LogP contribution in [0.4, 0.5) is 30.6 Å². The highest BCUT2D eigenvalue weighted by Crippen LogP contribution is 2.34. The zero-order valence-electron chi connectivity index (χ0n) is 15.6. The number of hydrogen-bond donors (Lipinski definition) is 2. The van der Waals surface area contributed by atoms with E-state index in [2.05, 4.69) is 37.6 Å². The number of likely N-dealkylation sites (N-methyl/N-ethyl adjacent to an activating group) is 1. The third-order valence-electron chi connectivity index (χ3n) is 4.68. The molecule has 148 valence electrons. The average Bonchev–Trinajstić information content (AvgIpc) is 2.95. The number of aromatic nitrogens is 4. The van der Waals surface area contributed by atoms with Gasteiger partial charge in [0.05, 0.1) is 23.6 Å². The largest absolute Gasteiger partial charge is 0.421 e. The molecule has 0 amide bonds. The van der Waals surface area contributed by atoms with E-state index in [0.29, 0.717) is 12.2 Å². The van der Waals surface area contributed by atoms with E-state index in [-0.39, 0.29) is 17.8 Å². The third kappa shape index (κ3) is 4.32. The number of nitrogens with zero attached hydrogens (tertiary/aromatic N) is 5. The smallest absolute Gasteiger partial charge is 0.370 e. The Morgan fingerprint density at radius 1 is 1.30 bits per heavy atom. The summed E-state index contributed by atoms with van der Waals surface area (Å²) in [6, 6.07) is 0.283. The van der Waals surface area contributed by atoms with E-state index >= 15 is 0 Å². The molecule has 0 radical (unpaired) electrons. The first-order valence-electron chi connectivity index (χ1n) is 8.97. The van der Waals surface area contributed by atoms with Crippen LogP contribution in [-0.2, 0) is 6.18 Å². The summed E-state index contributed by atoms with van der Waals surface area (Å²) in [6.07, 6.45) is 0.107. The number of rotatable bonds is 5. The standard InChI is InChI=1S/C17H24F3N7/c1-4-21-15-13(17(18,19)20)8-22-16(25-15)24-14-9-23-27(11(14)2)12-6-5-7-26(3)10-12/h8-9,12H,4-7,10H2,1-3H3,(H2,21,22,24,25). The lowest BCUT2D eigenvalue weighted by Crippen LogP contribution is -2.34. The Bertz CT molecular complexity index is 787. The van der Waals surface area contributed by atoms with Crippen LogP contribution in [0.3, 0.4) is 0 Å². The summed E-state index contributed by atoms with van der Waals surface area (Å²) in [7, 11) is 2.09. The van der Waals surface area contributed by atoms with Crippen LogP contribution in [0.15, 0.2) is 12.4 Å². The number of piperidine rings is 1. The number of alkyl halides is 3.